The maximum absolute atomic E-state index is 13.6. The monoisotopic (exact) mass is 330 g/mol. The van der Waals surface area contributed by atoms with Crippen LogP contribution in [0.15, 0.2) is 51.8 Å². The molecule has 2 aromatic rings. The van der Waals surface area contributed by atoms with E-state index in [0.717, 1.165) is 0 Å². The Labute approximate surface area is 114 Å². The summed E-state index contributed by atoms with van der Waals surface area (Å²) < 4.78 is 39.6. The predicted molar refractivity (Wildman–Crippen MR) is 70.6 cm³/mol. The van der Waals surface area contributed by atoms with E-state index < -0.39 is 22.4 Å². The van der Waals surface area contributed by atoms with Gasteiger partial charge in [0.2, 0.25) is 0 Å². The second-order valence-electron chi connectivity index (χ2n) is 3.66. The first kappa shape index (κ1) is 13.4. The van der Waals surface area contributed by atoms with Crippen molar-refractivity contribution in [3.8, 4) is 0 Å². The van der Waals surface area contributed by atoms with Crippen molar-refractivity contribution >= 4 is 26.7 Å². The van der Waals surface area contributed by atoms with Gasteiger partial charge in [-0.05, 0) is 24.3 Å². The van der Waals surface area contributed by atoms with Crippen LogP contribution in [0.5, 0.6) is 0 Å². The lowest BCUT2D eigenvalue weighted by Gasteiger charge is -2.05. The fourth-order valence-corrected chi connectivity index (χ4v) is 3.01. The van der Waals surface area contributed by atoms with Crippen molar-refractivity contribution in [2.75, 3.05) is 0 Å². The van der Waals surface area contributed by atoms with Gasteiger partial charge >= 0.3 is 0 Å². The minimum absolute atomic E-state index is 0.0416. The molecule has 0 bridgehead atoms. The van der Waals surface area contributed by atoms with Gasteiger partial charge in [-0.25, -0.2) is 8.78 Å². The molecule has 0 aliphatic carbocycles. The van der Waals surface area contributed by atoms with E-state index >= 15 is 0 Å². The molecule has 0 aliphatic rings. The Kier molecular flexibility index (Phi) is 4.24. The molecule has 0 amide bonds. The van der Waals surface area contributed by atoms with Crippen molar-refractivity contribution in [2.45, 2.75) is 10.6 Å². The van der Waals surface area contributed by atoms with Crippen LogP contribution in [0.3, 0.4) is 0 Å². The summed E-state index contributed by atoms with van der Waals surface area (Å²) in [7, 11) is -1.59. The lowest BCUT2D eigenvalue weighted by Crippen LogP contribution is -2.01. The smallest absolute Gasteiger partial charge is 0.139 e. The summed E-state index contributed by atoms with van der Waals surface area (Å²) >= 11 is 3.14. The van der Waals surface area contributed by atoms with Crippen LogP contribution in [0.25, 0.3) is 0 Å². The minimum Gasteiger partial charge on any atom is -0.254 e. The van der Waals surface area contributed by atoms with Crippen LogP contribution >= 0.6 is 15.9 Å². The quantitative estimate of drug-likeness (QED) is 0.830. The van der Waals surface area contributed by atoms with Crippen molar-refractivity contribution in [3.05, 3.63) is 64.1 Å². The second-order valence-corrected chi connectivity index (χ2v) is 5.99. The van der Waals surface area contributed by atoms with Crippen LogP contribution in [0.4, 0.5) is 8.78 Å². The maximum Gasteiger partial charge on any atom is 0.139 e. The largest absolute Gasteiger partial charge is 0.254 e. The summed E-state index contributed by atoms with van der Waals surface area (Å²) in [5.74, 6) is -1.03. The zero-order chi connectivity index (χ0) is 13.1. The SMILES string of the molecule is O=S(Cc1ccc(Br)cc1F)c1ccccc1F. The molecule has 1 nitrogen and oxygen atoms in total. The lowest BCUT2D eigenvalue weighted by molar-refractivity contribution is 0.593. The average molecular weight is 331 g/mol. The van der Waals surface area contributed by atoms with E-state index in [0.29, 0.717) is 10.0 Å². The Morgan fingerprint density at radius 1 is 1.06 bits per heavy atom. The van der Waals surface area contributed by atoms with Crippen LogP contribution in [0, 0.1) is 11.6 Å². The van der Waals surface area contributed by atoms with Gasteiger partial charge in [0.15, 0.2) is 0 Å². The summed E-state index contributed by atoms with van der Waals surface area (Å²) in [6.07, 6.45) is 0. The molecule has 0 spiro atoms. The van der Waals surface area contributed by atoms with E-state index in [-0.39, 0.29) is 10.6 Å². The summed E-state index contributed by atoms with van der Waals surface area (Å²) in [4.78, 5) is 0.0971. The first-order chi connectivity index (χ1) is 8.58. The van der Waals surface area contributed by atoms with E-state index in [4.69, 9.17) is 0 Å². The maximum atomic E-state index is 13.6. The van der Waals surface area contributed by atoms with E-state index in [1.807, 2.05) is 0 Å². The third-order valence-corrected chi connectivity index (χ3v) is 4.27. The van der Waals surface area contributed by atoms with Crippen LogP contribution < -0.4 is 0 Å². The molecule has 5 heteroatoms. The van der Waals surface area contributed by atoms with Crippen LogP contribution in [-0.4, -0.2) is 4.21 Å². The standard InChI is InChI=1S/C13H9BrF2OS/c14-10-6-5-9(12(16)7-10)8-18(17)13-4-2-1-3-11(13)15/h1-7H,8H2. The van der Waals surface area contributed by atoms with Crippen molar-refractivity contribution in [1.82, 2.24) is 0 Å². The van der Waals surface area contributed by atoms with Gasteiger partial charge in [-0.1, -0.05) is 34.1 Å². The molecule has 0 saturated heterocycles. The lowest BCUT2D eigenvalue weighted by atomic mass is 10.2. The molecule has 0 radical (unpaired) electrons. The van der Waals surface area contributed by atoms with Crippen molar-refractivity contribution in [2.24, 2.45) is 0 Å². The zero-order valence-electron chi connectivity index (χ0n) is 9.20. The third kappa shape index (κ3) is 3.03. The fraction of sp³-hybridized carbons (Fsp3) is 0.0769. The van der Waals surface area contributed by atoms with Crippen LogP contribution in [-0.2, 0) is 16.6 Å². The molecule has 1 atom stereocenters. The molecule has 18 heavy (non-hydrogen) atoms. The van der Waals surface area contributed by atoms with Gasteiger partial charge in [-0.3, -0.25) is 4.21 Å². The highest BCUT2D eigenvalue weighted by Crippen LogP contribution is 2.20. The molecule has 2 aromatic carbocycles. The number of rotatable bonds is 3. The Hall–Kier alpha value is -1.07. The van der Waals surface area contributed by atoms with Gasteiger partial charge in [-0.15, -0.1) is 0 Å². The number of hydrogen-bond donors (Lipinski definition) is 0. The highest BCUT2D eigenvalue weighted by atomic mass is 79.9. The first-order valence-electron chi connectivity index (χ1n) is 5.15. The van der Waals surface area contributed by atoms with Crippen molar-refractivity contribution in [3.63, 3.8) is 0 Å². The highest BCUT2D eigenvalue weighted by Gasteiger charge is 2.12. The molecule has 0 aromatic heterocycles. The number of benzene rings is 2. The van der Waals surface area contributed by atoms with Gasteiger partial charge < -0.3 is 0 Å². The van der Waals surface area contributed by atoms with Gasteiger partial charge in [0, 0.05) is 10.0 Å². The molecule has 0 fully saturated rings. The topological polar surface area (TPSA) is 17.1 Å². The summed E-state index contributed by atoms with van der Waals surface area (Å²) in [5.41, 5.74) is 0.305. The average Bonchev–Trinajstić information content (AvgIpc) is 2.33. The molecule has 0 N–H and O–H groups in total. The van der Waals surface area contributed by atoms with Crippen LogP contribution in [0.1, 0.15) is 5.56 Å². The summed E-state index contributed by atoms with van der Waals surface area (Å²) in [5, 5.41) is 0. The predicted octanol–water partition coefficient (Wildman–Crippen LogP) is 4.04. The molecule has 94 valence electrons. The van der Waals surface area contributed by atoms with Crippen molar-refractivity contribution < 1.29 is 13.0 Å². The second kappa shape index (κ2) is 5.71. The fourth-order valence-electron chi connectivity index (χ4n) is 1.49. The molecular weight excluding hydrogens is 322 g/mol. The summed E-state index contributed by atoms with van der Waals surface area (Å²) in [6.45, 7) is 0. The van der Waals surface area contributed by atoms with E-state index in [9.17, 15) is 13.0 Å². The zero-order valence-corrected chi connectivity index (χ0v) is 11.6. The number of halogens is 3. The van der Waals surface area contributed by atoms with Gasteiger partial charge in [0.25, 0.3) is 0 Å². The number of hydrogen-bond acceptors (Lipinski definition) is 1. The molecular formula is C13H9BrF2OS. The Morgan fingerprint density at radius 2 is 1.78 bits per heavy atom. The van der Waals surface area contributed by atoms with Gasteiger partial charge in [0.1, 0.15) is 11.6 Å². The van der Waals surface area contributed by atoms with Crippen molar-refractivity contribution in [1.29, 1.82) is 0 Å². The molecule has 0 heterocycles. The van der Waals surface area contributed by atoms with E-state index in [2.05, 4.69) is 15.9 Å². The Morgan fingerprint density at radius 3 is 2.44 bits per heavy atom. The highest BCUT2D eigenvalue weighted by molar-refractivity contribution is 9.10. The summed E-state index contributed by atoms with van der Waals surface area (Å²) in [6, 6.07) is 10.3. The third-order valence-electron chi connectivity index (χ3n) is 2.38. The Bertz CT molecular complexity index is 601. The Balaban J connectivity index is 2.24. The van der Waals surface area contributed by atoms with Gasteiger partial charge in [0.05, 0.1) is 21.4 Å². The normalized spacial score (nSPS) is 12.4. The van der Waals surface area contributed by atoms with E-state index in [1.165, 1.54) is 30.3 Å². The van der Waals surface area contributed by atoms with Crippen LogP contribution in [0.2, 0.25) is 0 Å². The molecule has 2 rings (SSSR count). The molecule has 0 saturated carbocycles. The van der Waals surface area contributed by atoms with Gasteiger partial charge in [-0.2, -0.15) is 0 Å². The first-order valence-corrected chi connectivity index (χ1v) is 7.26. The van der Waals surface area contributed by atoms with E-state index in [1.54, 1.807) is 12.1 Å². The molecule has 1 unspecified atom stereocenters. The minimum atomic E-state index is -1.59. The molecule has 0 aliphatic heterocycles.